The number of aromatic nitrogens is 3. The zero-order valence-corrected chi connectivity index (χ0v) is 7.55. The van der Waals surface area contributed by atoms with Crippen LogP contribution in [-0.4, -0.2) is 21.7 Å². The highest BCUT2D eigenvalue weighted by molar-refractivity contribution is 5.17. The summed E-state index contributed by atoms with van der Waals surface area (Å²) in [6.45, 7) is 0.758. The summed E-state index contributed by atoms with van der Waals surface area (Å²) in [5, 5.41) is 10.3. The zero-order chi connectivity index (χ0) is 9.64. The number of hydrogen-bond donors (Lipinski definition) is 1. The lowest BCUT2D eigenvalue weighted by Gasteiger charge is -2.00. The van der Waals surface area contributed by atoms with Crippen LogP contribution in [0.15, 0.2) is 35.3 Å². The van der Waals surface area contributed by atoms with Crippen molar-refractivity contribution in [2.24, 2.45) is 0 Å². The quantitative estimate of drug-likeness (QED) is 0.782. The van der Waals surface area contributed by atoms with E-state index in [0.717, 1.165) is 13.0 Å². The third-order valence-electron chi connectivity index (χ3n) is 1.77. The second-order valence-corrected chi connectivity index (χ2v) is 2.78. The number of pyridine rings is 1. The molecule has 2 aromatic rings. The number of nitrogens with zero attached hydrogens (tertiary/aromatic N) is 3. The molecule has 2 aromatic heterocycles. The van der Waals surface area contributed by atoms with Crippen LogP contribution in [0.1, 0.15) is 5.56 Å². The van der Waals surface area contributed by atoms with Crippen LogP contribution in [0.3, 0.4) is 0 Å². The highest BCUT2D eigenvalue weighted by atomic mass is 16.4. The second kappa shape index (κ2) is 4.36. The Morgan fingerprint density at radius 2 is 2.43 bits per heavy atom. The Morgan fingerprint density at radius 1 is 1.43 bits per heavy atom. The molecule has 2 heterocycles. The standard InChI is InChI=1S/C9H10N4O/c1-2-8(6-10-4-1)3-5-11-9-13-12-7-14-9/h1-2,4,6-7H,3,5H2,(H,11,13). The Balaban J connectivity index is 1.79. The summed E-state index contributed by atoms with van der Waals surface area (Å²) in [6.07, 6.45) is 5.78. The van der Waals surface area contributed by atoms with Crippen molar-refractivity contribution in [2.45, 2.75) is 6.42 Å². The molecule has 5 heteroatoms. The van der Waals surface area contributed by atoms with Gasteiger partial charge < -0.3 is 9.73 Å². The van der Waals surface area contributed by atoms with Gasteiger partial charge in [-0.3, -0.25) is 4.98 Å². The summed E-state index contributed by atoms with van der Waals surface area (Å²) in [5.41, 5.74) is 1.18. The molecule has 72 valence electrons. The number of rotatable bonds is 4. The molecule has 0 radical (unpaired) electrons. The lowest BCUT2D eigenvalue weighted by atomic mass is 10.2. The first kappa shape index (κ1) is 8.68. The van der Waals surface area contributed by atoms with Crippen molar-refractivity contribution in [2.75, 3.05) is 11.9 Å². The average Bonchev–Trinajstić information content (AvgIpc) is 2.72. The third kappa shape index (κ3) is 2.29. The van der Waals surface area contributed by atoms with Gasteiger partial charge in [0, 0.05) is 18.9 Å². The van der Waals surface area contributed by atoms with Crippen LogP contribution in [0.2, 0.25) is 0 Å². The van der Waals surface area contributed by atoms with Gasteiger partial charge in [-0.2, -0.15) is 0 Å². The highest BCUT2D eigenvalue weighted by Crippen LogP contribution is 2.00. The van der Waals surface area contributed by atoms with Crippen LogP contribution in [0.5, 0.6) is 0 Å². The lowest BCUT2D eigenvalue weighted by molar-refractivity contribution is 0.565. The van der Waals surface area contributed by atoms with Gasteiger partial charge in [-0.05, 0) is 18.1 Å². The first-order valence-corrected chi connectivity index (χ1v) is 4.34. The summed E-state index contributed by atoms with van der Waals surface area (Å²) < 4.78 is 4.92. The van der Waals surface area contributed by atoms with Gasteiger partial charge in [-0.1, -0.05) is 11.2 Å². The minimum atomic E-state index is 0.453. The fourth-order valence-corrected chi connectivity index (χ4v) is 1.11. The predicted octanol–water partition coefficient (Wildman–Crippen LogP) is 1.12. The molecule has 0 unspecified atom stereocenters. The Morgan fingerprint density at radius 3 is 3.14 bits per heavy atom. The van der Waals surface area contributed by atoms with Gasteiger partial charge in [0.25, 0.3) is 0 Å². The van der Waals surface area contributed by atoms with Crippen molar-refractivity contribution >= 4 is 6.01 Å². The molecule has 0 spiro atoms. The summed E-state index contributed by atoms with van der Waals surface area (Å²) in [4.78, 5) is 4.02. The van der Waals surface area contributed by atoms with Gasteiger partial charge in [0.2, 0.25) is 6.39 Å². The molecule has 0 aliphatic rings. The van der Waals surface area contributed by atoms with Crippen LogP contribution in [0.25, 0.3) is 0 Å². The topological polar surface area (TPSA) is 63.8 Å². The number of nitrogens with one attached hydrogen (secondary N) is 1. The minimum Gasteiger partial charge on any atom is -0.411 e. The van der Waals surface area contributed by atoms with E-state index in [9.17, 15) is 0 Å². The zero-order valence-electron chi connectivity index (χ0n) is 7.55. The number of hydrogen-bond acceptors (Lipinski definition) is 5. The molecule has 0 atom stereocenters. The molecule has 0 bridgehead atoms. The van der Waals surface area contributed by atoms with Crippen LogP contribution in [0, 0.1) is 0 Å². The van der Waals surface area contributed by atoms with E-state index < -0.39 is 0 Å². The summed E-state index contributed by atoms with van der Waals surface area (Å²) in [7, 11) is 0. The molecule has 0 fully saturated rings. The molecule has 0 amide bonds. The molecule has 2 rings (SSSR count). The fourth-order valence-electron chi connectivity index (χ4n) is 1.11. The van der Waals surface area contributed by atoms with Gasteiger partial charge in [-0.25, -0.2) is 0 Å². The van der Waals surface area contributed by atoms with Crippen molar-refractivity contribution in [3.8, 4) is 0 Å². The van der Waals surface area contributed by atoms with E-state index in [1.54, 1.807) is 6.20 Å². The first-order chi connectivity index (χ1) is 6.95. The molecule has 0 aromatic carbocycles. The molecule has 1 N–H and O–H groups in total. The van der Waals surface area contributed by atoms with Crippen LogP contribution >= 0.6 is 0 Å². The smallest absolute Gasteiger partial charge is 0.315 e. The van der Waals surface area contributed by atoms with Crippen molar-refractivity contribution < 1.29 is 4.42 Å². The molecule has 0 aliphatic heterocycles. The Bertz CT molecular complexity index is 360. The van der Waals surface area contributed by atoms with E-state index in [1.807, 2.05) is 18.3 Å². The van der Waals surface area contributed by atoms with Crippen molar-refractivity contribution in [3.05, 3.63) is 36.5 Å². The van der Waals surface area contributed by atoms with E-state index >= 15 is 0 Å². The highest BCUT2D eigenvalue weighted by Gasteiger charge is 1.96. The first-order valence-electron chi connectivity index (χ1n) is 4.34. The molecule has 5 nitrogen and oxygen atoms in total. The minimum absolute atomic E-state index is 0.453. The maximum absolute atomic E-state index is 4.92. The van der Waals surface area contributed by atoms with Crippen LogP contribution in [-0.2, 0) is 6.42 Å². The van der Waals surface area contributed by atoms with Crippen LogP contribution in [0.4, 0.5) is 6.01 Å². The van der Waals surface area contributed by atoms with Gasteiger partial charge in [0.05, 0.1) is 0 Å². The number of anilines is 1. The van der Waals surface area contributed by atoms with E-state index in [4.69, 9.17) is 4.42 Å². The molecule has 0 saturated heterocycles. The Hall–Kier alpha value is -1.91. The SMILES string of the molecule is c1cncc(CCNc2nnco2)c1. The molecule has 0 saturated carbocycles. The van der Waals surface area contributed by atoms with Crippen molar-refractivity contribution in [1.82, 2.24) is 15.2 Å². The van der Waals surface area contributed by atoms with Crippen molar-refractivity contribution in [1.29, 1.82) is 0 Å². The van der Waals surface area contributed by atoms with E-state index in [1.165, 1.54) is 12.0 Å². The summed E-state index contributed by atoms with van der Waals surface area (Å²) in [6, 6.07) is 4.40. The monoisotopic (exact) mass is 190 g/mol. The molecular formula is C9H10N4O. The van der Waals surface area contributed by atoms with E-state index in [-0.39, 0.29) is 0 Å². The lowest BCUT2D eigenvalue weighted by Crippen LogP contribution is -2.05. The predicted molar refractivity (Wildman–Crippen MR) is 50.7 cm³/mol. The Labute approximate surface area is 81.2 Å². The summed E-state index contributed by atoms with van der Waals surface area (Å²) >= 11 is 0. The van der Waals surface area contributed by atoms with Gasteiger partial charge in [0.15, 0.2) is 0 Å². The van der Waals surface area contributed by atoms with Gasteiger partial charge in [0.1, 0.15) is 0 Å². The van der Waals surface area contributed by atoms with Crippen molar-refractivity contribution in [3.63, 3.8) is 0 Å². The molecule has 0 aliphatic carbocycles. The van der Waals surface area contributed by atoms with Gasteiger partial charge >= 0.3 is 6.01 Å². The Kier molecular flexibility index (Phi) is 2.70. The van der Waals surface area contributed by atoms with E-state index in [0.29, 0.717) is 6.01 Å². The normalized spacial score (nSPS) is 10.0. The third-order valence-corrected chi connectivity index (χ3v) is 1.77. The summed E-state index contributed by atoms with van der Waals surface area (Å²) in [5.74, 6) is 0. The fraction of sp³-hybridized carbons (Fsp3) is 0.222. The van der Waals surface area contributed by atoms with Crippen LogP contribution < -0.4 is 5.32 Å². The average molecular weight is 190 g/mol. The van der Waals surface area contributed by atoms with E-state index in [2.05, 4.69) is 20.5 Å². The van der Waals surface area contributed by atoms with Gasteiger partial charge in [-0.15, -0.1) is 5.10 Å². The maximum atomic E-state index is 4.92. The second-order valence-electron chi connectivity index (χ2n) is 2.78. The molecular weight excluding hydrogens is 180 g/mol. The largest absolute Gasteiger partial charge is 0.411 e. The molecule has 14 heavy (non-hydrogen) atoms. The maximum Gasteiger partial charge on any atom is 0.315 e.